The van der Waals surface area contributed by atoms with Crippen molar-refractivity contribution < 1.29 is 13.2 Å². The number of benzene rings is 1. The molecule has 3 saturated heterocycles. The number of nitrogens with zero attached hydrogens (tertiary/aromatic N) is 3. The second-order valence-corrected chi connectivity index (χ2v) is 10.5. The second kappa shape index (κ2) is 6.38. The summed E-state index contributed by atoms with van der Waals surface area (Å²) in [5.74, 6) is 0.506. The first-order valence-corrected chi connectivity index (χ1v) is 11.2. The summed E-state index contributed by atoms with van der Waals surface area (Å²) in [4.78, 5) is 14.9. The summed E-state index contributed by atoms with van der Waals surface area (Å²) in [5.41, 5.74) is 1.36. The van der Waals surface area contributed by atoms with Crippen LogP contribution in [-0.2, 0) is 9.84 Å². The molecule has 5 rings (SSSR count). The van der Waals surface area contributed by atoms with Gasteiger partial charge in [0.15, 0.2) is 9.84 Å². The van der Waals surface area contributed by atoms with Gasteiger partial charge in [-0.05, 0) is 49.3 Å². The highest BCUT2D eigenvalue weighted by molar-refractivity contribution is 7.92. The number of carbonyl (C=O) groups is 1. The third-order valence-electron chi connectivity index (χ3n) is 6.60. The highest BCUT2D eigenvalue weighted by Crippen LogP contribution is 2.44. The average molecular weight is 401 g/mol. The maximum absolute atomic E-state index is 13.2. The minimum atomic E-state index is -3.35. The minimum absolute atomic E-state index is 0.0820. The third kappa shape index (κ3) is 2.76. The zero-order valence-corrected chi connectivity index (χ0v) is 16.4. The lowest BCUT2D eigenvalue weighted by atomic mass is 9.92. The summed E-state index contributed by atoms with van der Waals surface area (Å²) in [6.07, 6.45) is 2.64. The highest BCUT2D eigenvalue weighted by atomic mass is 32.2. The van der Waals surface area contributed by atoms with Crippen molar-refractivity contribution in [2.75, 3.05) is 13.1 Å². The molecule has 9 heteroatoms. The van der Waals surface area contributed by atoms with Crippen molar-refractivity contribution in [3.05, 3.63) is 41.7 Å². The predicted molar refractivity (Wildman–Crippen MR) is 101 cm³/mol. The number of aromatic nitrogens is 3. The van der Waals surface area contributed by atoms with Crippen molar-refractivity contribution in [1.29, 1.82) is 0 Å². The van der Waals surface area contributed by atoms with E-state index < -0.39 is 9.84 Å². The van der Waals surface area contributed by atoms with Gasteiger partial charge in [-0.3, -0.25) is 9.89 Å². The van der Waals surface area contributed by atoms with Crippen LogP contribution < -0.4 is 5.32 Å². The Bertz CT molecular complexity index is 986. The summed E-state index contributed by atoms with van der Waals surface area (Å²) in [6, 6.07) is 7.44. The van der Waals surface area contributed by atoms with Crippen LogP contribution in [0.5, 0.6) is 0 Å². The molecule has 1 aromatic carbocycles. The summed E-state index contributed by atoms with van der Waals surface area (Å²) >= 11 is 0. The fourth-order valence-electron chi connectivity index (χ4n) is 5.25. The normalized spacial score (nSPS) is 31.8. The van der Waals surface area contributed by atoms with Crippen molar-refractivity contribution in [3.63, 3.8) is 0 Å². The van der Waals surface area contributed by atoms with E-state index in [1.165, 1.54) is 6.20 Å². The number of carbonyl (C=O) groups excluding carboxylic acids is 1. The smallest absolute Gasteiger partial charge is 0.273 e. The van der Waals surface area contributed by atoms with E-state index in [4.69, 9.17) is 0 Å². The van der Waals surface area contributed by atoms with Gasteiger partial charge in [0, 0.05) is 25.2 Å². The first-order chi connectivity index (χ1) is 13.4. The van der Waals surface area contributed by atoms with E-state index in [1.54, 1.807) is 18.2 Å². The average Bonchev–Trinajstić information content (AvgIpc) is 3.40. The van der Waals surface area contributed by atoms with Gasteiger partial charge in [-0.15, -0.1) is 5.10 Å². The van der Waals surface area contributed by atoms with Crippen molar-refractivity contribution in [2.45, 2.75) is 42.0 Å². The molecule has 8 nitrogen and oxygen atoms in total. The Morgan fingerprint density at radius 1 is 1.18 bits per heavy atom. The summed E-state index contributed by atoms with van der Waals surface area (Å²) in [6.45, 7) is 3.21. The fraction of sp³-hybridized carbons (Fsp3) is 0.526. The molecule has 0 aliphatic carbocycles. The monoisotopic (exact) mass is 401 g/mol. The number of rotatable bonds is 3. The second-order valence-electron chi connectivity index (χ2n) is 8.24. The highest BCUT2D eigenvalue weighted by Gasteiger charge is 2.54. The van der Waals surface area contributed by atoms with E-state index in [-0.39, 0.29) is 23.2 Å². The predicted octanol–water partition coefficient (Wildman–Crippen LogP) is 0.778. The van der Waals surface area contributed by atoms with Crippen molar-refractivity contribution in [1.82, 2.24) is 25.6 Å². The van der Waals surface area contributed by atoms with Crippen LogP contribution in [0.1, 0.15) is 28.9 Å². The minimum Gasteiger partial charge on any atom is -0.337 e. The first-order valence-electron chi connectivity index (χ1n) is 9.65. The number of aryl methyl sites for hydroxylation is 1. The number of fused-ring (bicyclic) bond motifs is 5. The molecule has 2 aromatic rings. The standard InChI is InChI=1S/C19H23N5O3S/c1-11-3-2-4-12(5-11)28(26,27)13-6-16-14-9-24(10-15(14)17(7-13)21-16)19(25)18-8-20-23-22-18/h2-5,8,13-17,21H,6-7,9-10H2,1H3,(H,20,22,23)/t13?,14-,15+,16-,17+. The zero-order chi connectivity index (χ0) is 19.5. The molecule has 3 aliphatic rings. The van der Waals surface area contributed by atoms with Gasteiger partial charge < -0.3 is 10.2 Å². The number of hydrogen-bond donors (Lipinski definition) is 2. The number of amides is 1. The molecule has 1 amide bonds. The molecule has 1 unspecified atom stereocenters. The number of piperidine rings is 1. The number of likely N-dealkylation sites (tertiary alicyclic amines) is 1. The van der Waals surface area contributed by atoms with Crippen LogP contribution in [0.4, 0.5) is 0 Å². The molecule has 0 radical (unpaired) electrons. The van der Waals surface area contributed by atoms with Gasteiger partial charge in [-0.2, -0.15) is 0 Å². The van der Waals surface area contributed by atoms with Crippen molar-refractivity contribution in [3.8, 4) is 0 Å². The third-order valence-corrected chi connectivity index (χ3v) is 8.77. The van der Waals surface area contributed by atoms with E-state index in [9.17, 15) is 13.2 Å². The van der Waals surface area contributed by atoms with Gasteiger partial charge in [-0.25, -0.2) is 8.42 Å². The Hall–Kier alpha value is -2.26. The van der Waals surface area contributed by atoms with Crippen LogP contribution in [0.25, 0.3) is 0 Å². The zero-order valence-electron chi connectivity index (χ0n) is 15.6. The summed E-state index contributed by atoms with van der Waals surface area (Å²) in [7, 11) is -3.35. The van der Waals surface area contributed by atoms with Gasteiger partial charge in [0.05, 0.1) is 16.3 Å². The van der Waals surface area contributed by atoms with Crippen molar-refractivity contribution >= 4 is 15.7 Å². The van der Waals surface area contributed by atoms with Crippen LogP contribution in [0.15, 0.2) is 35.4 Å². The molecule has 28 heavy (non-hydrogen) atoms. The van der Waals surface area contributed by atoms with E-state index >= 15 is 0 Å². The van der Waals surface area contributed by atoms with E-state index in [2.05, 4.69) is 20.7 Å². The molecular formula is C19H23N5O3S. The van der Waals surface area contributed by atoms with Crippen molar-refractivity contribution in [2.24, 2.45) is 11.8 Å². The van der Waals surface area contributed by atoms with Gasteiger partial charge in [0.25, 0.3) is 5.91 Å². The fourth-order valence-corrected chi connectivity index (χ4v) is 7.18. The molecule has 4 heterocycles. The number of nitrogens with one attached hydrogen (secondary N) is 2. The van der Waals surface area contributed by atoms with Crippen LogP contribution >= 0.6 is 0 Å². The molecule has 2 bridgehead atoms. The molecule has 0 saturated carbocycles. The summed E-state index contributed by atoms with van der Waals surface area (Å²) in [5, 5.41) is 13.2. The van der Waals surface area contributed by atoms with Gasteiger partial charge >= 0.3 is 0 Å². The van der Waals surface area contributed by atoms with Crippen LogP contribution in [-0.4, -0.2) is 65.1 Å². The number of hydrogen-bond acceptors (Lipinski definition) is 6. The van der Waals surface area contributed by atoms with E-state index in [0.717, 1.165) is 5.56 Å². The van der Waals surface area contributed by atoms with Crippen LogP contribution in [0.3, 0.4) is 0 Å². The maximum atomic E-state index is 13.2. The van der Waals surface area contributed by atoms with E-state index in [0.29, 0.717) is 48.4 Å². The molecule has 2 N–H and O–H groups in total. The number of aromatic amines is 1. The van der Waals surface area contributed by atoms with E-state index in [1.807, 2.05) is 17.9 Å². The Balaban J connectivity index is 1.34. The van der Waals surface area contributed by atoms with Crippen LogP contribution in [0.2, 0.25) is 0 Å². The SMILES string of the molecule is Cc1cccc(S(=O)(=O)C2C[C@@H]3N[C@H](C2)[C@@H]2CN(C(=O)c4cnn[nH]4)C[C@@H]23)c1. The Labute approximate surface area is 163 Å². The van der Waals surface area contributed by atoms with Gasteiger partial charge in [0.2, 0.25) is 0 Å². The Morgan fingerprint density at radius 2 is 1.89 bits per heavy atom. The molecule has 3 aliphatic heterocycles. The quantitative estimate of drug-likeness (QED) is 0.787. The molecule has 1 aromatic heterocycles. The summed E-state index contributed by atoms with van der Waals surface area (Å²) < 4.78 is 26.4. The largest absolute Gasteiger partial charge is 0.337 e. The van der Waals surface area contributed by atoms with Crippen LogP contribution in [0, 0.1) is 18.8 Å². The lowest BCUT2D eigenvalue weighted by molar-refractivity contribution is 0.0767. The molecule has 0 spiro atoms. The first kappa shape index (κ1) is 17.8. The lowest BCUT2D eigenvalue weighted by Crippen LogP contribution is -2.48. The number of sulfone groups is 1. The van der Waals surface area contributed by atoms with Gasteiger partial charge in [0.1, 0.15) is 5.69 Å². The Morgan fingerprint density at radius 3 is 2.50 bits per heavy atom. The number of H-pyrrole nitrogens is 1. The molecule has 5 atom stereocenters. The topological polar surface area (TPSA) is 108 Å². The maximum Gasteiger partial charge on any atom is 0.273 e. The Kier molecular flexibility index (Phi) is 4.06. The molecule has 148 valence electrons. The lowest BCUT2D eigenvalue weighted by Gasteiger charge is -2.32. The molecular weight excluding hydrogens is 378 g/mol. The van der Waals surface area contributed by atoms with Gasteiger partial charge in [-0.1, -0.05) is 17.3 Å². The molecule has 3 fully saturated rings.